The molecule has 226 valence electrons. The summed E-state index contributed by atoms with van der Waals surface area (Å²) < 4.78 is 78.7. The van der Waals surface area contributed by atoms with E-state index in [-0.39, 0.29) is 31.4 Å². The zero-order valence-corrected chi connectivity index (χ0v) is 22.8. The highest BCUT2D eigenvalue weighted by Crippen LogP contribution is 2.36. The topological polar surface area (TPSA) is 104 Å². The van der Waals surface area contributed by atoms with E-state index in [0.29, 0.717) is 22.7 Å². The van der Waals surface area contributed by atoms with Gasteiger partial charge in [-0.15, -0.1) is 0 Å². The lowest BCUT2D eigenvalue weighted by Crippen LogP contribution is -2.39. The Morgan fingerprint density at radius 2 is 1.46 bits per heavy atom. The van der Waals surface area contributed by atoms with Crippen LogP contribution in [0.15, 0.2) is 42.5 Å². The highest BCUT2D eigenvalue weighted by atomic mass is 35.5. The fourth-order valence-corrected chi connectivity index (χ4v) is 4.30. The first kappa shape index (κ1) is 33.7. The number of nitrogens with two attached hydrogens (primary N) is 1. The molecule has 7 nitrogen and oxygen atoms in total. The van der Waals surface area contributed by atoms with Crippen LogP contribution >= 0.6 is 11.6 Å². The van der Waals surface area contributed by atoms with Crippen molar-refractivity contribution in [1.82, 2.24) is 9.80 Å². The summed E-state index contributed by atoms with van der Waals surface area (Å²) in [7, 11) is 1.21. The van der Waals surface area contributed by atoms with Crippen molar-refractivity contribution < 1.29 is 45.8 Å². The largest absolute Gasteiger partial charge is 0.481 e. The standard InChI is InChI=1S/C21H18ClF6NO3.C6H12N2O/c1-29(17(6-7-18(30)31)8-12-2-4-16(22)5-3-12)19(32)13-9-14(20(23,24)25)11-15(10-13)21(26,27)28;7-6(9)8-4-2-1-3-5-8/h2-5,9-11,17H,6-8H2,1H3,(H,30,31);1-5H2,(H2,7,9). The normalized spacial score (nSPS) is 14.5. The van der Waals surface area contributed by atoms with Gasteiger partial charge in [0.25, 0.3) is 5.91 Å². The molecule has 2 aromatic carbocycles. The number of aliphatic carboxylic acids is 1. The molecule has 41 heavy (non-hydrogen) atoms. The number of amides is 3. The second kappa shape index (κ2) is 14.4. The first-order chi connectivity index (χ1) is 19.0. The Hall–Kier alpha value is -3.48. The lowest BCUT2D eigenvalue weighted by molar-refractivity contribution is -0.143. The molecule has 1 heterocycles. The number of urea groups is 1. The predicted octanol–water partition coefficient (Wildman–Crippen LogP) is 6.48. The van der Waals surface area contributed by atoms with Crippen LogP contribution in [0.5, 0.6) is 0 Å². The average molecular weight is 610 g/mol. The van der Waals surface area contributed by atoms with Crippen LogP contribution < -0.4 is 5.73 Å². The van der Waals surface area contributed by atoms with Crippen molar-refractivity contribution in [3.05, 3.63) is 69.7 Å². The summed E-state index contributed by atoms with van der Waals surface area (Å²) in [4.78, 5) is 37.0. The molecule has 3 N–H and O–H groups in total. The number of likely N-dealkylation sites (N-methyl/N-ethyl adjacent to an activating group) is 1. The van der Waals surface area contributed by atoms with Gasteiger partial charge in [0.05, 0.1) is 11.1 Å². The zero-order valence-electron chi connectivity index (χ0n) is 22.1. The molecule has 0 bridgehead atoms. The quantitative estimate of drug-likeness (QED) is 0.351. The molecule has 14 heteroatoms. The Morgan fingerprint density at radius 1 is 0.951 bits per heavy atom. The monoisotopic (exact) mass is 609 g/mol. The lowest BCUT2D eigenvalue weighted by atomic mass is 9.98. The van der Waals surface area contributed by atoms with Crippen LogP contribution in [0, 0.1) is 0 Å². The molecule has 0 aliphatic carbocycles. The van der Waals surface area contributed by atoms with Crippen LogP contribution in [-0.4, -0.2) is 59.0 Å². The molecule has 1 unspecified atom stereocenters. The Morgan fingerprint density at radius 3 is 1.88 bits per heavy atom. The van der Waals surface area contributed by atoms with Gasteiger partial charge in [-0.25, -0.2) is 4.79 Å². The summed E-state index contributed by atoms with van der Waals surface area (Å²) in [6.45, 7) is 1.71. The predicted molar refractivity (Wildman–Crippen MR) is 139 cm³/mol. The summed E-state index contributed by atoms with van der Waals surface area (Å²) in [6.07, 6.45) is -7.02. The molecule has 3 amide bonds. The number of likely N-dealkylation sites (tertiary alicyclic amines) is 1. The van der Waals surface area contributed by atoms with E-state index in [1.165, 1.54) is 13.5 Å². The van der Waals surface area contributed by atoms with E-state index in [2.05, 4.69) is 0 Å². The minimum atomic E-state index is -5.10. The number of carbonyl (C=O) groups excluding carboxylic acids is 2. The minimum absolute atomic E-state index is 0.0631. The van der Waals surface area contributed by atoms with E-state index >= 15 is 0 Å². The third-order valence-electron chi connectivity index (χ3n) is 6.45. The number of hydrogen-bond acceptors (Lipinski definition) is 3. The molecule has 0 saturated carbocycles. The van der Waals surface area contributed by atoms with Crippen LogP contribution in [0.4, 0.5) is 31.1 Å². The summed E-state index contributed by atoms with van der Waals surface area (Å²) in [5.41, 5.74) is 1.70. The average Bonchev–Trinajstić information content (AvgIpc) is 2.90. The van der Waals surface area contributed by atoms with Gasteiger partial charge in [-0.2, -0.15) is 26.3 Å². The van der Waals surface area contributed by atoms with Crippen LogP contribution in [0.3, 0.4) is 0 Å². The maximum absolute atomic E-state index is 13.1. The van der Waals surface area contributed by atoms with Crippen molar-refractivity contribution >= 4 is 29.5 Å². The second-order valence-corrected chi connectivity index (χ2v) is 9.95. The Kier molecular flexibility index (Phi) is 11.9. The van der Waals surface area contributed by atoms with Crippen LogP contribution in [0.25, 0.3) is 0 Å². The van der Waals surface area contributed by atoms with Crippen molar-refractivity contribution in [3.63, 3.8) is 0 Å². The van der Waals surface area contributed by atoms with Gasteiger partial charge in [0.15, 0.2) is 0 Å². The molecule has 1 aliphatic rings. The fraction of sp³-hybridized carbons (Fsp3) is 0.444. The Bertz CT molecular complexity index is 1170. The van der Waals surface area contributed by atoms with E-state index in [0.717, 1.165) is 30.8 Å². The molecule has 1 atom stereocenters. The van der Waals surface area contributed by atoms with E-state index < -0.39 is 47.0 Å². The number of hydrogen-bond donors (Lipinski definition) is 2. The Balaban J connectivity index is 0.000000553. The number of carboxylic acid groups (broad SMARTS) is 1. The van der Waals surface area contributed by atoms with E-state index in [9.17, 15) is 40.7 Å². The van der Waals surface area contributed by atoms with Crippen molar-refractivity contribution in [2.75, 3.05) is 20.1 Å². The highest BCUT2D eigenvalue weighted by Gasteiger charge is 2.38. The zero-order chi connectivity index (χ0) is 31.0. The summed E-state index contributed by atoms with van der Waals surface area (Å²) in [5.74, 6) is -2.25. The van der Waals surface area contributed by atoms with Gasteiger partial charge in [0.2, 0.25) is 0 Å². The van der Waals surface area contributed by atoms with E-state index in [1.54, 1.807) is 29.2 Å². The maximum Gasteiger partial charge on any atom is 0.416 e. The van der Waals surface area contributed by atoms with Crippen LogP contribution in [0.1, 0.15) is 59.2 Å². The SMILES string of the molecule is CN(C(=O)c1cc(C(F)(F)F)cc(C(F)(F)F)c1)C(CCC(=O)O)Cc1ccc(Cl)cc1.NC(=O)N1CCCCC1. The third kappa shape index (κ3) is 10.8. The van der Waals surface area contributed by atoms with Gasteiger partial charge in [-0.05, 0) is 68.0 Å². The highest BCUT2D eigenvalue weighted by molar-refractivity contribution is 6.30. The second-order valence-electron chi connectivity index (χ2n) is 9.51. The first-order valence-electron chi connectivity index (χ1n) is 12.6. The number of rotatable bonds is 7. The molecule has 3 rings (SSSR count). The van der Waals surface area contributed by atoms with Crippen molar-refractivity contribution in [1.29, 1.82) is 0 Å². The molecule has 2 aromatic rings. The van der Waals surface area contributed by atoms with Gasteiger partial charge in [-0.3, -0.25) is 9.59 Å². The molecule has 0 radical (unpaired) electrons. The summed E-state index contributed by atoms with van der Waals surface area (Å²) in [6, 6.07) is 5.95. The Labute approximate surface area is 237 Å². The summed E-state index contributed by atoms with van der Waals surface area (Å²) in [5, 5.41) is 9.42. The molecule has 0 spiro atoms. The fourth-order valence-electron chi connectivity index (χ4n) is 4.18. The van der Waals surface area contributed by atoms with Crippen LogP contribution in [-0.2, 0) is 23.6 Å². The van der Waals surface area contributed by atoms with E-state index in [4.69, 9.17) is 22.4 Å². The molecular formula is C27H30ClF6N3O4. The van der Waals surface area contributed by atoms with Gasteiger partial charge >= 0.3 is 24.4 Å². The van der Waals surface area contributed by atoms with Gasteiger partial charge in [-0.1, -0.05) is 23.7 Å². The molecular weight excluding hydrogens is 580 g/mol. The van der Waals surface area contributed by atoms with Gasteiger partial charge < -0.3 is 20.6 Å². The molecule has 1 saturated heterocycles. The number of alkyl halides is 6. The van der Waals surface area contributed by atoms with Crippen LogP contribution in [0.2, 0.25) is 5.02 Å². The van der Waals surface area contributed by atoms with Gasteiger partial charge in [0, 0.05) is 43.2 Å². The van der Waals surface area contributed by atoms with Crippen molar-refractivity contribution in [2.24, 2.45) is 5.73 Å². The number of piperidine rings is 1. The maximum atomic E-state index is 13.1. The van der Waals surface area contributed by atoms with E-state index in [1.807, 2.05) is 0 Å². The number of carbonyl (C=O) groups is 3. The van der Waals surface area contributed by atoms with Crippen molar-refractivity contribution in [2.45, 2.75) is 56.9 Å². The number of halogens is 7. The number of primary amides is 1. The van der Waals surface area contributed by atoms with Crippen molar-refractivity contribution in [3.8, 4) is 0 Å². The summed E-state index contributed by atoms with van der Waals surface area (Å²) >= 11 is 5.82. The number of benzene rings is 2. The molecule has 0 aromatic heterocycles. The number of nitrogens with zero attached hydrogens (tertiary/aromatic N) is 2. The van der Waals surface area contributed by atoms with Gasteiger partial charge in [0.1, 0.15) is 0 Å². The molecule has 1 fully saturated rings. The number of carboxylic acids is 1. The molecule has 1 aliphatic heterocycles. The lowest BCUT2D eigenvalue weighted by Gasteiger charge is -2.29. The first-order valence-corrected chi connectivity index (χ1v) is 12.9. The third-order valence-corrected chi connectivity index (χ3v) is 6.70. The minimum Gasteiger partial charge on any atom is -0.481 e. The smallest absolute Gasteiger partial charge is 0.416 e.